The minimum Gasteiger partial charge on any atom is -0.451 e. The minimum absolute atomic E-state index is 0.225. The summed E-state index contributed by atoms with van der Waals surface area (Å²) in [6.07, 6.45) is 10.0. The van der Waals surface area contributed by atoms with E-state index in [0.717, 1.165) is 56.2 Å². The van der Waals surface area contributed by atoms with Crippen LogP contribution in [0.25, 0.3) is 0 Å². The third-order valence-electron chi connectivity index (χ3n) is 5.93. The predicted octanol–water partition coefficient (Wildman–Crippen LogP) is 4.58. The van der Waals surface area contributed by atoms with Crippen molar-refractivity contribution in [3.63, 3.8) is 0 Å². The lowest BCUT2D eigenvalue weighted by molar-refractivity contribution is -0.148. The van der Waals surface area contributed by atoms with Gasteiger partial charge >= 0.3 is 5.97 Å². The zero-order valence-electron chi connectivity index (χ0n) is 16.7. The van der Waals surface area contributed by atoms with Crippen molar-refractivity contribution in [3.8, 4) is 0 Å². The van der Waals surface area contributed by atoms with Crippen molar-refractivity contribution in [1.29, 1.82) is 0 Å². The Hall–Kier alpha value is -2.95. The molecule has 4 rings (SSSR count). The van der Waals surface area contributed by atoms with Crippen LogP contribution < -0.4 is 5.32 Å². The van der Waals surface area contributed by atoms with Crippen LogP contribution in [0.1, 0.15) is 56.6 Å². The van der Waals surface area contributed by atoms with Gasteiger partial charge < -0.3 is 10.1 Å². The summed E-state index contributed by atoms with van der Waals surface area (Å²) in [5, 5.41) is 2.98. The smallest absolute Gasteiger partial charge is 0.335 e. The highest BCUT2D eigenvalue weighted by molar-refractivity contribution is 6.12. The highest BCUT2D eigenvalue weighted by atomic mass is 16.6. The normalized spacial score (nSPS) is 18.4. The number of carbonyl (C=O) groups is 2. The summed E-state index contributed by atoms with van der Waals surface area (Å²) in [4.78, 5) is 29.4. The van der Waals surface area contributed by atoms with Crippen molar-refractivity contribution in [2.24, 2.45) is 0 Å². The Labute approximate surface area is 171 Å². The molecular formula is C24H26N2O3. The summed E-state index contributed by atoms with van der Waals surface area (Å²) < 4.78 is 5.76. The van der Waals surface area contributed by atoms with Crippen LogP contribution in [0, 0.1) is 0 Å². The number of carbonyl (C=O) groups excluding carboxylic acids is 2. The number of ether oxygens (including phenoxy) is 1. The molecule has 0 bridgehead atoms. The highest BCUT2D eigenvalue weighted by Gasteiger charge is 2.49. The summed E-state index contributed by atoms with van der Waals surface area (Å²) >= 11 is 0. The molecule has 0 saturated heterocycles. The fourth-order valence-corrected chi connectivity index (χ4v) is 4.41. The van der Waals surface area contributed by atoms with Gasteiger partial charge in [-0.15, -0.1) is 0 Å². The van der Waals surface area contributed by atoms with E-state index in [0.29, 0.717) is 11.1 Å². The molecule has 29 heavy (non-hydrogen) atoms. The lowest BCUT2D eigenvalue weighted by Gasteiger charge is -2.29. The van der Waals surface area contributed by atoms with Gasteiger partial charge in [-0.3, -0.25) is 9.78 Å². The number of nitrogens with zero attached hydrogens (tertiary/aromatic N) is 1. The molecule has 2 heterocycles. The van der Waals surface area contributed by atoms with Crippen molar-refractivity contribution in [1.82, 2.24) is 4.98 Å². The topological polar surface area (TPSA) is 68.3 Å². The van der Waals surface area contributed by atoms with Crippen molar-refractivity contribution in [2.75, 3.05) is 5.32 Å². The largest absolute Gasteiger partial charge is 0.451 e. The van der Waals surface area contributed by atoms with Gasteiger partial charge in [-0.25, -0.2) is 4.79 Å². The van der Waals surface area contributed by atoms with Crippen LogP contribution in [-0.4, -0.2) is 22.5 Å². The lowest BCUT2D eigenvalue weighted by Crippen LogP contribution is -2.36. The van der Waals surface area contributed by atoms with E-state index in [1.54, 1.807) is 19.3 Å². The third kappa shape index (κ3) is 4.09. The first-order valence-electron chi connectivity index (χ1n) is 10.3. The van der Waals surface area contributed by atoms with Gasteiger partial charge in [0.25, 0.3) is 5.91 Å². The molecule has 0 unspecified atom stereocenters. The van der Waals surface area contributed by atoms with E-state index in [1.807, 2.05) is 36.4 Å². The molecule has 0 radical (unpaired) electrons. The van der Waals surface area contributed by atoms with Crippen molar-refractivity contribution in [2.45, 2.75) is 57.5 Å². The van der Waals surface area contributed by atoms with Crippen LogP contribution >= 0.6 is 0 Å². The maximum atomic E-state index is 13.1. The van der Waals surface area contributed by atoms with Gasteiger partial charge in [0, 0.05) is 23.7 Å². The van der Waals surface area contributed by atoms with Crippen LogP contribution in [0.4, 0.5) is 5.69 Å². The van der Waals surface area contributed by atoms with E-state index >= 15 is 0 Å². The van der Waals surface area contributed by atoms with Crippen molar-refractivity contribution in [3.05, 3.63) is 71.1 Å². The monoisotopic (exact) mass is 390 g/mol. The Balaban J connectivity index is 1.50. The zero-order valence-corrected chi connectivity index (χ0v) is 16.7. The lowest BCUT2D eigenvalue weighted by atomic mass is 9.84. The molecule has 1 aromatic heterocycles. The quantitative estimate of drug-likeness (QED) is 0.776. The number of hydrogen-bond acceptors (Lipinski definition) is 4. The molecular weight excluding hydrogens is 364 g/mol. The molecule has 1 fully saturated rings. The summed E-state index contributed by atoms with van der Waals surface area (Å²) in [6.45, 7) is 1.70. The van der Waals surface area contributed by atoms with Crippen LogP contribution in [-0.2, 0) is 20.7 Å². The number of anilines is 1. The summed E-state index contributed by atoms with van der Waals surface area (Å²) in [7, 11) is 0. The predicted molar refractivity (Wildman–Crippen MR) is 111 cm³/mol. The van der Waals surface area contributed by atoms with E-state index in [-0.39, 0.29) is 11.9 Å². The molecule has 2 aromatic rings. The Bertz CT molecular complexity index is 924. The average molecular weight is 390 g/mol. The Morgan fingerprint density at radius 3 is 2.28 bits per heavy atom. The van der Waals surface area contributed by atoms with Gasteiger partial charge in [-0.05, 0) is 74.4 Å². The average Bonchev–Trinajstić information content (AvgIpc) is 2.86. The van der Waals surface area contributed by atoms with Crippen LogP contribution in [0.5, 0.6) is 0 Å². The summed E-state index contributed by atoms with van der Waals surface area (Å²) in [5.74, 6) is -0.582. The van der Waals surface area contributed by atoms with Crippen LogP contribution in [0.3, 0.4) is 0 Å². The van der Waals surface area contributed by atoms with E-state index < -0.39 is 5.60 Å². The van der Waals surface area contributed by atoms with Gasteiger partial charge in [0.2, 0.25) is 0 Å². The van der Waals surface area contributed by atoms with Crippen LogP contribution in [0.2, 0.25) is 0 Å². The fourth-order valence-electron chi connectivity index (χ4n) is 4.41. The number of hydrogen-bond donors (Lipinski definition) is 1. The molecule has 1 spiro atoms. The molecule has 1 aromatic carbocycles. The van der Waals surface area contributed by atoms with Crippen molar-refractivity contribution >= 4 is 17.6 Å². The first-order chi connectivity index (χ1) is 14.1. The van der Waals surface area contributed by atoms with E-state index in [9.17, 15) is 9.59 Å². The Kier molecular flexibility index (Phi) is 5.47. The molecule has 1 N–H and O–H groups in total. The molecule has 0 atom stereocenters. The second kappa shape index (κ2) is 8.19. The maximum Gasteiger partial charge on any atom is 0.335 e. The summed E-state index contributed by atoms with van der Waals surface area (Å²) in [6, 6.07) is 11.8. The number of benzene rings is 1. The van der Waals surface area contributed by atoms with Crippen LogP contribution in [0.15, 0.2) is 59.9 Å². The molecule has 1 aliphatic carbocycles. The van der Waals surface area contributed by atoms with Crippen molar-refractivity contribution < 1.29 is 14.3 Å². The van der Waals surface area contributed by atoms with Gasteiger partial charge in [-0.2, -0.15) is 0 Å². The Morgan fingerprint density at radius 1 is 1.00 bits per heavy atom. The number of esters is 1. The first-order valence-corrected chi connectivity index (χ1v) is 10.3. The van der Waals surface area contributed by atoms with Gasteiger partial charge in [-0.1, -0.05) is 25.0 Å². The fraction of sp³-hybridized carbons (Fsp3) is 0.375. The molecule has 1 saturated carbocycles. The zero-order chi connectivity index (χ0) is 20.3. The van der Waals surface area contributed by atoms with E-state index in [2.05, 4.69) is 10.3 Å². The minimum atomic E-state index is -0.747. The molecule has 1 aliphatic heterocycles. The number of amides is 1. The molecule has 1 amide bonds. The molecule has 5 heteroatoms. The van der Waals surface area contributed by atoms with E-state index in [1.165, 1.54) is 5.56 Å². The number of nitrogens with one attached hydrogen (secondary N) is 1. The van der Waals surface area contributed by atoms with Gasteiger partial charge in [0.05, 0.1) is 5.57 Å². The molecule has 5 nitrogen and oxygen atoms in total. The number of rotatable bonds is 4. The second-order valence-corrected chi connectivity index (χ2v) is 7.98. The molecule has 150 valence electrons. The van der Waals surface area contributed by atoms with Gasteiger partial charge in [0.1, 0.15) is 5.60 Å². The standard InChI is InChI=1S/C24H26N2O3/c1-17-21(24(29-23(17)28)12-4-2-3-5-13-24)22(27)26-20-8-6-18(7-9-20)16-19-10-14-25-15-11-19/h6-11,14-15H,2-5,12-13,16H2,1H3,(H,26,27). The maximum absolute atomic E-state index is 13.1. The SMILES string of the molecule is CC1=C(C(=O)Nc2ccc(Cc3ccncc3)cc2)C2(CCCCCC2)OC1=O. The second-order valence-electron chi connectivity index (χ2n) is 7.98. The first kappa shape index (κ1) is 19.4. The number of aromatic nitrogens is 1. The molecule has 2 aliphatic rings. The third-order valence-corrected chi connectivity index (χ3v) is 5.93. The highest BCUT2D eigenvalue weighted by Crippen LogP contribution is 2.43. The van der Waals surface area contributed by atoms with Gasteiger partial charge in [0.15, 0.2) is 0 Å². The summed E-state index contributed by atoms with van der Waals surface area (Å²) in [5.41, 5.74) is 3.28. The number of pyridine rings is 1. The van der Waals surface area contributed by atoms with E-state index in [4.69, 9.17) is 4.74 Å². The Morgan fingerprint density at radius 2 is 1.62 bits per heavy atom.